The van der Waals surface area contributed by atoms with E-state index in [0.29, 0.717) is 12.2 Å². The fraction of sp³-hybridized carbons (Fsp3) is 0.500. The molecule has 3 nitrogen and oxygen atoms in total. The Morgan fingerprint density at radius 1 is 1.00 bits per heavy atom. The van der Waals surface area contributed by atoms with E-state index in [4.69, 9.17) is 9.16 Å². The average Bonchev–Trinajstić information content (AvgIpc) is 2.78. The SMILES string of the molecule is CCOC(=O)c1ccc(/C=C/c2ccc(C(C)(C)C)c(C3(C)CCCCC3)c2O[Si](C)C)cc1. The van der Waals surface area contributed by atoms with Crippen LogP contribution in [0.15, 0.2) is 36.4 Å². The molecule has 1 aliphatic carbocycles. The highest BCUT2D eigenvalue weighted by Gasteiger charge is 2.37. The van der Waals surface area contributed by atoms with Crippen molar-refractivity contribution in [2.45, 2.75) is 90.6 Å². The Kier molecular flexibility index (Phi) is 8.46. The van der Waals surface area contributed by atoms with Crippen molar-refractivity contribution in [2.75, 3.05) is 6.61 Å². The van der Waals surface area contributed by atoms with Crippen LogP contribution < -0.4 is 4.43 Å². The maximum atomic E-state index is 12.0. The molecule has 2 aromatic carbocycles. The first-order valence-electron chi connectivity index (χ1n) is 12.7. The van der Waals surface area contributed by atoms with E-state index in [1.165, 1.54) is 43.2 Å². The molecule has 4 heteroatoms. The van der Waals surface area contributed by atoms with Crippen molar-refractivity contribution in [1.29, 1.82) is 0 Å². The quantitative estimate of drug-likeness (QED) is 0.229. The van der Waals surface area contributed by atoms with Crippen LogP contribution in [0.1, 0.15) is 99.3 Å². The Morgan fingerprint density at radius 3 is 2.21 bits per heavy atom. The lowest BCUT2D eigenvalue weighted by atomic mass is 9.66. The summed E-state index contributed by atoms with van der Waals surface area (Å²) in [4.78, 5) is 12.0. The van der Waals surface area contributed by atoms with Crippen molar-refractivity contribution in [3.05, 3.63) is 64.2 Å². The molecule has 0 aliphatic heterocycles. The first-order chi connectivity index (χ1) is 16.0. The van der Waals surface area contributed by atoms with Gasteiger partial charge in [-0.15, -0.1) is 0 Å². The normalized spacial score (nSPS) is 16.1. The number of carbonyl (C=O) groups excluding carboxylic acids is 1. The molecule has 1 fully saturated rings. The molecule has 0 saturated heterocycles. The van der Waals surface area contributed by atoms with E-state index >= 15 is 0 Å². The van der Waals surface area contributed by atoms with Gasteiger partial charge in [0.2, 0.25) is 0 Å². The Hall–Kier alpha value is -2.33. The van der Waals surface area contributed by atoms with Gasteiger partial charge in [0.25, 0.3) is 9.04 Å². The molecule has 1 radical (unpaired) electrons. The lowest BCUT2D eigenvalue weighted by molar-refractivity contribution is 0.0526. The van der Waals surface area contributed by atoms with E-state index in [2.05, 4.69) is 65.1 Å². The van der Waals surface area contributed by atoms with Gasteiger partial charge in [0.15, 0.2) is 0 Å². The molecule has 0 bridgehead atoms. The maximum absolute atomic E-state index is 12.0. The van der Waals surface area contributed by atoms with Gasteiger partial charge >= 0.3 is 5.97 Å². The summed E-state index contributed by atoms with van der Waals surface area (Å²) in [5.74, 6) is 0.799. The molecule has 0 heterocycles. The third kappa shape index (κ3) is 6.21. The van der Waals surface area contributed by atoms with Crippen LogP contribution in [-0.2, 0) is 15.6 Å². The molecule has 0 N–H and O–H groups in total. The minimum atomic E-state index is -0.944. The maximum Gasteiger partial charge on any atom is 0.338 e. The minimum Gasteiger partial charge on any atom is -0.542 e. The van der Waals surface area contributed by atoms with Gasteiger partial charge in [-0.2, -0.15) is 0 Å². The monoisotopic (exact) mass is 477 g/mol. The fourth-order valence-corrected chi connectivity index (χ4v) is 5.61. The summed E-state index contributed by atoms with van der Waals surface area (Å²) in [5, 5.41) is 0. The molecule has 3 rings (SSSR count). The molecule has 34 heavy (non-hydrogen) atoms. The number of hydrogen-bond donors (Lipinski definition) is 0. The van der Waals surface area contributed by atoms with E-state index in [1.54, 1.807) is 0 Å². The fourth-order valence-electron chi connectivity index (χ4n) is 4.98. The lowest BCUT2D eigenvalue weighted by Gasteiger charge is -2.40. The van der Waals surface area contributed by atoms with Crippen LogP contribution in [0.4, 0.5) is 0 Å². The lowest BCUT2D eigenvalue weighted by Crippen LogP contribution is -2.31. The van der Waals surface area contributed by atoms with Crippen LogP contribution in [0.5, 0.6) is 5.75 Å². The van der Waals surface area contributed by atoms with Gasteiger partial charge in [-0.1, -0.05) is 83.4 Å². The Balaban J connectivity index is 2.07. The average molecular weight is 478 g/mol. The molecule has 183 valence electrons. The van der Waals surface area contributed by atoms with Crippen molar-refractivity contribution < 1.29 is 14.0 Å². The second-order valence-electron chi connectivity index (χ2n) is 11.0. The van der Waals surface area contributed by atoms with Gasteiger partial charge in [-0.25, -0.2) is 4.79 Å². The summed E-state index contributed by atoms with van der Waals surface area (Å²) in [6.07, 6.45) is 10.6. The van der Waals surface area contributed by atoms with E-state index in [-0.39, 0.29) is 16.8 Å². The topological polar surface area (TPSA) is 35.5 Å². The summed E-state index contributed by atoms with van der Waals surface area (Å²) in [6.45, 7) is 16.0. The second-order valence-corrected chi connectivity index (χ2v) is 13.0. The predicted molar refractivity (Wildman–Crippen MR) is 145 cm³/mol. The first kappa shape index (κ1) is 26.3. The minimum absolute atomic E-state index is 0.0491. The van der Waals surface area contributed by atoms with Crippen molar-refractivity contribution in [2.24, 2.45) is 0 Å². The van der Waals surface area contributed by atoms with E-state index < -0.39 is 9.04 Å². The van der Waals surface area contributed by atoms with Gasteiger partial charge in [0.05, 0.1) is 12.2 Å². The highest BCUT2D eigenvalue weighted by atomic mass is 28.3. The van der Waals surface area contributed by atoms with Gasteiger partial charge < -0.3 is 9.16 Å². The van der Waals surface area contributed by atoms with Crippen LogP contribution in [0.2, 0.25) is 13.1 Å². The second kappa shape index (κ2) is 10.9. The zero-order chi connectivity index (χ0) is 24.9. The zero-order valence-corrected chi connectivity index (χ0v) is 23.1. The number of esters is 1. The van der Waals surface area contributed by atoms with E-state index in [9.17, 15) is 4.79 Å². The van der Waals surface area contributed by atoms with Crippen LogP contribution in [-0.4, -0.2) is 21.6 Å². The Morgan fingerprint density at radius 2 is 1.65 bits per heavy atom. The number of ether oxygens (including phenoxy) is 1. The van der Waals surface area contributed by atoms with Gasteiger partial charge in [0, 0.05) is 11.1 Å². The number of rotatable bonds is 7. The van der Waals surface area contributed by atoms with Gasteiger partial charge in [-0.05, 0) is 66.9 Å². The Bertz CT molecular complexity index is 1010. The van der Waals surface area contributed by atoms with Crippen molar-refractivity contribution in [3.63, 3.8) is 0 Å². The molecule has 0 spiro atoms. The summed E-state index contributed by atoms with van der Waals surface area (Å²) in [5.41, 5.74) is 5.77. The third-order valence-electron chi connectivity index (χ3n) is 6.74. The largest absolute Gasteiger partial charge is 0.542 e. The molecule has 2 aromatic rings. The van der Waals surface area contributed by atoms with Crippen LogP contribution >= 0.6 is 0 Å². The molecule has 0 amide bonds. The standard InChI is InChI=1S/C30H41O3Si/c1-8-32-28(31)24-16-13-22(14-17-24)12-15-23-18-19-25(29(2,3)4)26(27(23)33-34(6)7)30(5)20-10-9-11-21-30/h12-19H,8-11,20-21H2,1-7H3/b15-12+. The predicted octanol–water partition coefficient (Wildman–Crippen LogP) is 8.18. The van der Waals surface area contributed by atoms with Crippen molar-refractivity contribution >= 4 is 27.2 Å². The number of benzene rings is 2. The zero-order valence-electron chi connectivity index (χ0n) is 22.1. The summed E-state index contributed by atoms with van der Waals surface area (Å²) >= 11 is 0. The highest BCUT2D eigenvalue weighted by Crippen LogP contribution is 2.49. The molecule has 0 unspecified atom stereocenters. The van der Waals surface area contributed by atoms with Crippen molar-refractivity contribution in [3.8, 4) is 5.75 Å². The number of carbonyl (C=O) groups is 1. The summed E-state index contributed by atoms with van der Waals surface area (Å²) in [7, 11) is -0.944. The molecule has 1 aliphatic rings. The van der Waals surface area contributed by atoms with Crippen LogP contribution in [0, 0.1) is 0 Å². The summed E-state index contributed by atoms with van der Waals surface area (Å²) < 4.78 is 11.8. The first-order valence-corrected chi connectivity index (χ1v) is 15.1. The third-order valence-corrected chi connectivity index (χ3v) is 7.35. The van der Waals surface area contributed by atoms with E-state index in [1.807, 2.05) is 31.2 Å². The van der Waals surface area contributed by atoms with E-state index in [0.717, 1.165) is 16.9 Å². The molecule has 0 atom stereocenters. The molecular formula is C30H41O3Si. The molecular weight excluding hydrogens is 436 g/mol. The van der Waals surface area contributed by atoms with Crippen LogP contribution in [0.3, 0.4) is 0 Å². The smallest absolute Gasteiger partial charge is 0.338 e. The number of hydrogen-bond acceptors (Lipinski definition) is 3. The van der Waals surface area contributed by atoms with Crippen molar-refractivity contribution in [1.82, 2.24) is 0 Å². The van der Waals surface area contributed by atoms with Crippen LogP contribution in [0.25, 0.3) is 12.2 Å². The summed E-state index contributed by atoms with van der Waals surface area (Å²) in [6, 6.07) is 12.1. The molecule has 0 aromatic heterocycles. The Labute approximate surface area is 208 Å². The van der Waals surface area contributed by atoms with Gasteiger partial charge in [-0.3, -0.25) is 0 Å². The molecule has 1 saturated carbocycles. The van der Waals surface area contributed by atoms with Gasteiger partial charge in [0.1, 0.15) is 5.75 Å². The highest BCUT2D eigenvalue weighted by molar-refractivity contribution is 6.49.